The van der Waals surface area contributed by atoms with E-state index in [9.17, 15) is 9.59 Å². The number of anilines is 1. The van der Waals surface area contributed by atoms with Gasteiger partial charge in [0.1, 0.15) is 24.7 Å². The summed E-state index contributed by atoms with van der Waals surface area (Å²) in [7, 11) is 0. The van der Waals surface area contributed by atoms with Crippen LogP contribution < -0.4 is 15.2 Å². The highest BCUT2D eigenvalue weighted by molar-refractivity contribution is 6.30. The molecule has 0 heterocycles. The number of ketones is 2. The van der Waals surface area contributed by atoms with E-state index in [4.69, 9.17) is 15.2 Å². The number of rotatable bonds is 6. The average Bonchev–Trinajstić information content (AvgIpc) is 2.85. The Morgan fingerprint density at radius 1 is 0.576 bits per heavy atom. The van der Waals surface area contributed by atoms with E-state index in [1.54, 1.807) is 24.3 Å². The van der Waals surface area contributed by atoms with E-state index >= 15 is 0 Å². The number of benzene rings is 4. The number of carbonyl (C=O) groups excluding carboxylic acids is 2. The molecule has 1 aliphatic carbocycles. The van der Waals surface area contributed by atoms with E-state index in [2.05, 4.69) is 0 Å². The first kappa shape index (κ1) is 20.5. The van der Waals surface area contributed by atoms with Crippen molar-refractivity contribution in [2.24, 2.45) is 0 Å². The molecule has 0 bridgehead atoms. The lowest BCUT2D eigenvalue weighted by molar-refractivity contribution is 0.0971. The van der Waals surface area contributed by atoms with Gasteiger partial charge in [0, 0.05) is 22.9 Å². The molecule has 5 rings (SSSR count). The Morgan fingerprint density at radius 2 is 1.15 bits per heavy atom. The molecule has 5 nitrogen and oxygen atoms in total. The van der Waals surface area contributed by atoms with Gasteiger partial charge in [-0.25, -0.2) is 0 Å². The number of hydrogen-bond donors (Lipinski definition) is 1. The van der Waals surface area contributed by atoms with Crippen LogP contribution in [0.25, 0.3) is 0 Å². The number of nitrogen functional groups attached to an aromatic ring is 1. The van der Waals surface area contributed by atoms with Crippen LogP contribution in [0.4, 0.5) is 5.69 Å². The third-order valence-corrected chi connectivity index (χ3v) is 5.57. The maximum Gasteiger partial charge on any atom is 0.201 e. The number of fused-ring (bicyclic) bond motifs is 2. The zero-order valence-electron chi connectivity index (χ0n) is 17.8. The summed E-state index contributed by atoms with van der Waals surface area (Å²) in [6.45, 7) is 0.530. The first-order chi connectivity index (χ1) is 16.1. The highest BCUT2D eigenvalue weighted by Gasteiger charge is 2.35. The van der Waals surface area contributed by atoms with E-state index in [-0.39, 0.29) is 47.2 Å². The molecule has 0 amide bonds. The second-order valence-electron chi connectivity index (χ2n) is 7.83. The fraction of sp³-hybridized carbons (Fsp3) is 0.0714. The van der Waals surface area contributed by atoms with Crippen molar-refractivity contribution in [3.05, 3.63) is 124 Å². The molecule has 0 fully saturated rings. The number of carbonyl (C=O) groups is 2. The van der Waals surface area contributed by atoms with E-state index in [1.165, 1.54) is 6.07 Å². The molecule has 0 unspecified atom stereocenters. The lowest BCUT2D eigenvalue weighted by atomic mass is 9.82. The summed E-state index contributed by atoms with van der Waals surface area (Å²) in [4.78, 5) is 27.0. The van der Waals surface area contributed by atoms with Crippen LogP contribution >= 0.6 is 0 Å². The maximum absolute atomic E-state index is 13.7. The van der Waals surface area contributed by atoms with Crippen molar-refractivity contribution >= 4 is 17.3 Å². The van der Waals surface area contributed by atoms with Crippen LogP contribution in [0.3, 0.4) is 0 Å². The van der Waals surface area contributed by atoms with Gasteiger partial charge in [0.2, 0.25) is 5.78 Å². The predicted molar refractivity (Wildman–Crippen MR) is 126 cm³/mol. The highest BCUT2D eigenvalue weighted by atomic mass is 16.5. The Balaban J connectivity index is 1.52. The first-order valence-corrected chi connectivity index (χ1v) is 10.6. The van der Waals surface area contributed by atoms with Crippen LogP contribution in [-0.4, -0.2) is 11.6 Å². The zero-order chi connectivity index (χ0) is 22.8. The van der Waals surface area contributed by atoms with Crippen LogP contribution in [-0.2, 0) is 13.2 Å². The molecule has 0 aliphatic heterocycles. The van der Waals surface area contributed by atoms with Crippen LogP contribution in [0.1, 0.15) is 43.0 Å². The van der Waals surface area contributed by atoms with Gasteiger partial charge in [-0.1, -0.05) is 72.8 Å². The molecule has 162 valence electrons. The molecule has 0 aromatic heterocycles. The van der Waals surface area contributed by atoms with Crippen LogP contribution in [0, 0.1) is 0 Å². The molecule has 1 aliphatic rings. The van der Waals surface area contributed by atoms with Gasteiger partial charge in [-0.2, -0.15) is 0 Å². The third kappa shape index (κ3) is 3.96. The predicted octanol–water partition coefficient (Wildman–Crippen LogP) is 5.20. The molecule has 0 radical (unpaired) electrons. The van der Waals surface area contributed by atoms with Crippen molar-refractivity contribution in [2.75, 3.05) is 5.73 Å². The van der Waals surface area contributed by atoms with Crippen LogP contribution in [0.2, 0.25) is 0 Å². The van der Waals surface area contributed by atoms with Gasteiger partial charge in [-0.05, 0) is 23.3 Å². The summed E-state index contributed by atoms with van der Waals surface area (Å²) in [6.07, 6.45) is 0. The van der Waals surface area contributed by atoms with Crippen molar-refractivity contribution in [1.82, 2.24) is 0 Å². The number of hydrogen-bond acceptors (Lipinski definition) is 5. The zero-order valence-corrected chi connectivity index (χ0v) is 17.8. The fourth-order valence-electron chi connectivity index (χ4n) is 3.98. The SMILES string of the molecule is Nc1cc(OCc2ccccc2)c2c(c1)C(=O)c1cccc(OCc3ccccc3)c1C2=O. The van der Waals surface area contributed by atoms with Crippen LogP contribution in [0.15, 0.2) is 91.0 Å². The summed E-state index contributed by atoms with van der Waals surface area (Å²) in [5.74, 6) is 0.0647. The maximum atomic E-state index is 13.7. The third-order valence-electron chi connectivity index (χ3n) is 5.57. The Bertz CT molecular complexity index is 1350. The molecule has 0 saturated heterocycles. The molecule has 4 aromatic carbocycles. The van der Waals surface area contributed by atoms with Crippen molar-refractivity contribution in [1.29, 1.82) is 0 Å². The molecule has 5 heteroatoms. The Kier molecular flexibility index (Phi) is 5.37. The summed E-state index contributed by atoms with van der Waals surface area (Å²) >= 11 is 0. The molecule has 0 saturated carbocycles. The fourth-order valence-corrected chi connectivity index (χ4v) is 3.98. The molecule has 4 aromatic rings. The molecular formula is C28H21NO4. The molecule has 33 heavy (non-hydrogen) atoms. The van der Waals surface area contributed by atoms with Gasteiger partial charge in [0.25, 0.3) is 0 Å². The Labute approximate surface area is 191 Å². The minimum absolute atomic E-state index is 0.216. The van der Waals surface area contributed by atoms with Crippen molar-refractivity contribution in [2.45, 2.75) is 13.2 Å². The quantitative estimate of drug-likeness (QED) is 0.371. The van der Waals surface area contributed by atoms with Crippen molar-refractivity contribution < 1.29 is 19.1 Å². The van der Waals surface area contributed by atoms with Gasteiger partial charge in [0.05, 0.1) is 11.1 Å². The summed E-state index contributed by atoms with van der Waals surface area (Å²) in [5.41, 5.74) is 9.33. The highest BCUT2D eigenvalue weighted by Crippen LogP contribution is 2.39. The lowest BCUT2D eigenvalue weighted by Gasteiger charge is -2.23. The normalized spacial score (nSPS) is 12.1. The number of nitrogens with two attached hydrogens (primary N) is 1. The smallest absolute Gasteiger partial charge is 0.201 e. The van der Waals surface area contributed by atoms with Gasteiger partial charge in [-0.15, -0.1) is 0 Å². The Morgan fingerprint density at radius 3 is 1.79 bits per heavy atom. The van der Waals surface area contributed by atoms with Gasteiger partial charge >= 0.3 is 0 Å². The van der Waals surface area contributed by atoms with Gasteiger partial charge in [-0.3, -0.25) is 9.59 Å². The van der Waals surface area contributed by atoms with E-state index in [1.807, 2.05) is 60.7 Å². The second kappa shape index (κ2) is 8.63. The minimum Gasteiger partial charge on any atom is -0.488 e. The molecule has 0 atom stereocenters. The summed E-state index contributed by atoms with van der Waals surface area (Å²) in [5, 5.41) is 0. The Hall–Kier alpha value is -4.38. The topological polar surface area (TPSA) is 78.6 Å². The van der Waals surface area contributed by atoms with E-state index < -0.39 is 0 Å². The standard InChI is InChI=1S/C28H21NO4/c29-20-14-22-26(24(15-20)33-17-19-10-5-2-6-11-19)28(31)25-21(27(22)30)12-7-13-23(25)32-16-18-8-3-1-4-9-18/h1-15H,16-17,29H2. The largest absolute Gasteiger partial charge is 0.488 e. The lowest BCUT2D eigenvalue weighted by Crippen LogP contribution is -2.23. The summed E-state index contributed by atoms with van der Waals surface area (Å²) in [6, 6.07) is 27.4. The van der Waals surface area contributed by atoms with Crippen molar-refractivity contribution in [3.8, 4) is 11.5 Å². The molecular weight excluding hydrogens is 414 g/mol. The first-order valence-electron chi connectivity index (χ1n) is 10.6. The second-order valence-corrected chi connectivity index (χ2v) is 7.83. The molecule has 0 spiro atoms. The minimum atomic E-state index is -0.314. The average molecular weight is 435 g/mol. The van der Waals surface area contributed by atoms with E-state index in [0.717, 1.165) is 11.1 Å². The number of ether oxygens (including phenoxy) is 2. The van der Waals surface area contributed by atoms with Crippen LogP contribution in [0.5, 0.6) is 11.5 Å². The van der Waals surface area contributed by atoms with Gasteiger partial charge < -0.3 is 15.2 Å². The van der Waals surface area contributed by atoms with E-state index in [0.29, 0.717) is 17.0 Å². The molecule has 2 N–H and O–H groups in total. The summed E-state index contributed by atoms with van der Waals surface area (Å²) < 4.78 is 12.0. The van der Waals surface area contributed by atoms with Crippen molar-refractivity contribution in [3.63, 3.8) is 0 Å². The van der Waals surface area contributed by atoms with Gasteiger partial charge in [0.15, 0.2) is 5.78 Å². The monoisotopic (exact) mass is 435 g/mol.